The Hall–Kier alpha value is -0.170. The molecule has 6 heteroatoms. The Morgan fingerprint density at radius 2 is 2.12 bits per heavy atom. The smallest absolute Gasteiger partial charge is 0.279 e. The molecule has 5 nitrogen and oxygen atoms in total. The Kier molecular flexibility index (Phi) is 3.84. The van der Waals surface area contributed by atoms with Crippen molar-refractivity contribution in [3.8, 4) is 0 Å². The molecule has 1 saturated carbocycles. The summed E-state index contributed by atoms with van der Waals surface area (Å²) in [6.07, 6.45) is 3.76. The molecule has 0 bridgehead atoms. The van der Waals surface area contributed by atoms with E-state index >= 15 is 0 Å². The Morgan fingerprint density at radius 3 is 2.62 bits per heavy atom. The van der Waals surface area contributed by atoms with E-state index in [0.29, 0.717) is 6.54 Å². The van der Waals surface area contributed by atoms with Crippen molar-refractivity contribution in [1.29, 1.82) is 0 Å². The Labute approximate surface area is 97.8 Å². The van der Waals surface area contributed by atoms with E-state index < -0.39 is 10.2 Å². The van der Waals surface area contributed by atoms with E-state index in [9.17, 15) is 8.42 Å². The van der Waals surface area contributed by atoms with E-state index in [-0.39, 0.29) is 12.1 Å². The van der Waals surface area contributed by atoms with Crippen LogP contribution in [-0.2, 0) is 10.2 Å². The molecule has 0 radical (unpaired) electrons. The van der Waals surface area contributed by atoms with Gasteiger partial charge in [0.15, 0.2) is 0 Å². The van der Waals surface area contributed by atoms with Crippen LogP contribution in [0.2, 0.25) is 0 Å². The highest BCUT2D eigenvalue weighted by atomic mass is 32.2. The molecule has 2 N–H and O–H groups in total. The van der Waals surface area contributed by atoms with Crippen LogP contribution in [0.15, 0.2) is 0 Å². The van der Waals surface area contributed by atoms with Crippen LogP contribution < -0.4 is 10.0 Å². The van der Waals surface area contributed by atoms with Crippen molar-refractivity contribution < 1.29 is 8.42 Å². The van der Waals surface area contributed by atoms with E-state index in [4.69, 9.17) is 0 Å². The molecule has 1 heterocycles. The minimum absolute atomic E-state index is 0.135. The maximum Gasteiger partial charge on any atom is 0.279 e. The zero-order valence-corrected chi connectivity index (χ0v) is 10.6. The summed E-state index contributed by atoms with van der Waals surface area (Å²) < 4.78 is 28.7. The van der Waals surface area contributed by atoms with Crippen molar-refractivity contribution in [3.63, 3.8) is 0 Å². The molecule has 2 aliphatic rings. The highest BCUT2D eigenvalue weighted by molar-refractivity contribution is 7.87. The van der Waals surface area contributed by atoms with Crippen LogP contribution in [0.4, 0.5) is 0 Å². The van der Waals surface area contributed by atoms with Gasteiger partial charge in [0.2, 0.25) is 0 Å². The molecule has 0 aromatic carbocycles. The maximum atomic E-state index is 12.1. The fraction of sp³-hybridized carbons (Fsp3) is 1.00. The third-order valence-electron chi connectivity index (χ3n) is 3.09. The average molecular weight is 247 g/mol. The molecule has 2 fully saturated rings. The van der Waals surface area contributed by atoms with Gasteiger partial charge in [-0.3, -0.25) is 0 Å². The van der Waals surface area contributed by atoms with Crippen LogP contribution in [-0.4, -0.2) is 44.4 Å². The molecular weight excluding hydrogens is 226 g/mol. The molecule has 1 aliphatic heterocycles. The second-order valence-electron chi connectivity index (χ2n) is 4.65. The monoisotopic (exact) mass is 247 g/mol. The lowest BCUT2D eigenvalue weighted by molar-refractivity contribution is 0.329. The van der Waals surface area contributed by atoms with E-state index in [2.05, 4.69) is 10.0 Å². The molecule has 94 valence electrons. The molecular formula is C10H21N3O2S. The topological polar surface area (TPSA) is 61.4 Å². The Balaban J connectivity index is 2.03. The lowest BCUT2D eigenvalue weighted by Crippen LogP contribution is -2.48. The molecule has 1 saturated heterocycles. The molecule has 0 aromatic rings. The van der Waals surface area contributed by atoms with Crippen molar-refractivity contribution in [2.45, 2.75) is 44.7 Å². The summed E-state index contributed by atoms with van der Waals surface area (Å²) in [5.41, 5.74) is 0. The van der Waals surface area contributed by atoms with Crippen molar-refractivity contribution in [2.75, 3.05) is 19.6 Å². The predicted molar refractivity (Wildman–Crippen MR) is 63.3 cm³/mol. The van der Waals surface area contributed by atoms with Crippen molar-refractivity contribution in [3.05, 3.63) is 0 Å². The maximum absolute atomic E-state index is 12.1. The summed E-state index contributed by atoms with van der Waals surface area (Å²) in [4.78, 5) is 0. The molecule has 1 aliphatic carbocycles. The van der Waals surface area contributed by atoms with Gasteiger partial charge in [0.25, 0.3) is 10.2 Å². The number of hydrogen-bond acceptors (Lipinski definition) is 3. The van der Waals surface area contributed by atoms with Crippen LogP contribution in [0.5, 0.6) is 0 Å². The van der Waals surface area contributed by atoms with Gasteiger partial charge < -0.3 is 5.32 Å². The summed E-state index contributed by atoms with van der Waals surface area (Å²) in [7, 11) is -3.26. The fourth-order valence-corrected chi connectivity index (χ4v) is 3.87. The SMILES string of the molecule is CCCN(C1CCNC1)S(=O)(=O)NC1CC1. The molecule has 16 heavy (non-hydrogen) atoms. The van der Waals surface area contributed by atoms with E-state index in [1.165, 1.54) is 0 Å². The first-order chi connectivity index (χ1) is 7.63. The molecule has 0 aromatic heterocycles. The highest BCUT2D eigenvalue weighted by Crippen LogP contribution is 2.22. The fourth-order valence-electron chi connectivity index (χ4n) is 2.08. The standard InChI is InChI=1S/C10H21N3O2S/c1-2-7-13(10-5-6-11-8-10)16(14,15)12-9-3-4-9/h9-12H,2-8H2,1H3. The third-order valence-corrected chi connectivity index (χ3v) is 4.82. The van der Waals surface area contributed by atoms with E-state index in [0.717, 1.165) is 38.8 Å². The summed E-state index contributed by atoms with van der Waals surface area (Å²) in [5, 5.41) is 3.22. The van der Waals surface area contributed by atoms with Gasteiger partial charge in [-0.1, -0.05) is 6.92 Å². The minimum Gasteiger partial charge on any atom is -0.315 e. The third kappa shape index (κ3) is 2.94. The van der Waals surface area contributed by atoms with Gasteiger partial charge in [-0.2, -0.15) is 17.4 Å². The van der Waals surface area contributed by atoms with Gasteiger partial charge in [-0.05, 0) is 32.2 Å². The number of nitrogens with one attached hydrogen (secondary N) is 2. The van der Waals surface area contributed by atoms with Crippen molar-refractivity contribution in [2.24, 2.45) is 0 Å². The van der Waals surface area contributed by atoms with Gasteiger partial charge in [0.1, 0.15) is 0 Å². The zero-order chi connectivity index (χ0) is 11.6. The summed E-state index contributed by atoms with van der Waals surface area (Å²) in [6, 6.07) is 0.329. The van der Waals surface area contributed by atoms with Gasteiger partial charge >= 0.3 is 0 Å². The average Bonchev–Trinajstić information content (AvgIpc) is 2.86. The normalized spacial score (nSPS) is 26.5. The number of nitrogens with zero attached hydrogens (tertiary/aromatic N) is 1. The van der Waals surface area contributed by atoms with Gasteiger partial charge in [0, 0.05) is 25.2 Å². The van der Waals surface area contributed by atoms with Gasteiger partial charge in [-0.15, -0.1) is 0 Å². The molecule has 1 unspecified atom stereocenters. The lowest BCUT2D eigenvalue weighted by Gasteiger charge is -2.27. The van der Waals surface area contributed by atoms with Crippen LogP contribution in [0.25, 0.3) is 0 Å². The van der Waals surface area contributed by atoms with Crippen molar-refractivity contribution in [1.82, 2.24) is 14.3 Å². The van der Waals surface area contributed by atoms with Crippen LogP contribution in [0, 0.1) is 0 Å². The summed E-state index contributed by atoms with van der Waals surface area (Å²) in [6.45, 7) is 4.34. The Morgan fingerprint density at radius 1 is 1.38 bits per heavy atom. The van der Waals surface area contributed by atoms with Crippen LogP contribution >= 0.6 is 0 Å². The van der Waals surface area contributed by atoms with E-state index in [1.54, 1.807) is 4.31 Å². The van der Waals surface area contributed by atoms with Gasteiger partial charge in [-0.25, -0.2) is 0 Å². The largest absolute Gasteiger partial charge is 0.315 e. The minimum atomic E-state index is -3.26. The second-order valence-corrected chi connectivity index (χ2v) is 6.31. The molecule has 2 rings (SSSR count). The number of hydrogen-bond donors (Lipinski definition) is 2. The zero-order valence-electron chi connectivity index (χ0n) is 9.78. The lowest BCUT2D eigenvalue weighted by atomic mass is 10.2. The summed E-state index contributed by atoms with van der Waals surface area (Å²) in [5.74, 6) is 0. The molecule has 0 spiro atoms. The quantitative estimate of drug-likeness (QED) is 0.697. The second kappa shape index (κ2) is 5.00. The van der Waals surface area contributed by atoms with Crippen molar-refractivity contribution >= 4 is 10.2 Å². The van der Waals surface area contributed by atoms with Gasteiger partial charge in [0.05, 0.1) is 0 Å². The first-order valence-electron chi connectivity index (χ1n) is 6.13. The predicted octanol–water partition coefficient (Wildman–Crippen LogP) is 0.0571. The molecule has 1 atom stereocenters. The van der Waals surface area contributed by atoms with Crippen LogP contribution in [0.3, 0.4) is 0 Å². The molecule has 0 amide bonds. The first kappa shape index (κ1) is 12.3. The van der Waals surface area contributed by atoms with Crippen LogP contribution in [0.1, 0.15) is 32.6 Å². The first-order valence-corrected chi connectivity index (χ1v) is 7.57. The van der Waals surface area contributed by atoms with E-state index in [1.807, 2.05) is 6.92 Å². The summed E-state index contributed by atoms with van der Waals surface area (Å²) >= 11 is 0. The highest BCUT2D eigenvalue weighted by Gasteiger charge is 2.35. The Bertz CT molecular complexity index is 321. The number of rotatable bonds is 6.